The average Bonchev–Trinajstić information content (AvgIpc) is 1.88. The molecule has 2 nitrogen and oxygen atoms in total. The minimum atomic E-state index is -0.525. The highest BCUT2D eigenvalue weighted by Crippen LogP contribution is 2.05. The van der Waals surface area contributed by atoms with E-state index in [0.29, 0.717) is 0 Å². The van der Waals surface area contributed by atoms with E-state index in [1.807, 2.05) is 0 Å². The monoisotopic (exact) mass is 139 g/mol. The van der Waals surface area contributed by atoms with Crippen molar-refractivity contribution in [1.82, 2.24) is 0 Å². The second-order valence-corrected chi connectivity index (χ2v) is 1.83. The van der Waals surface area contributed by atoms with Crippen LogP contribution in [0.3, 0.4) is 0 Å². The summed E-state index contributed by atoms with van der Waals surface area (Å²) in [6.45, 7) is 0. The molecule has 0 spiro atoms. The van der Waals surface area contributed by atoms with Crippen LogP contribution in [-0.2, 0) is 0 Å². The first-order chi connectivity index (χ1) is 4.74. The summed E-state index contributed by atoms with van der Waals surface area (Å²) in [7, 11) is 0.717. The zero-order chi connectivity index (χ0) is 7.56. The van der Waals surface area contributed by atoms with Crippen molar-refractivity contribution in [2.45, 2.75) is 0 Å². The molecule has 0 unspecified atom stereocenters. The van der Waals surface area contributed by atoms with Gasteiger partial charge >= 0.3 is 7.48 Å². The lowest BCUT2D eigenvalue weighted by molar-refractivity contribution is 0.472. The minimum absolute atomic E-state index is 0.210. The first kappa shape index (κ1) is 7.09. The van der Waals surface area contributed by atoms with Gasteiger partial charge in [0.2, 0.25) is 0 Å². The smallest absolute Gasteiger partial charge is 0.330 e. The molecule has 10 heavy (non-hydrogen) atoms. The Hall–Kier alpha value is -1.03. The highest BCUT2D eigenvalue weighted by Gasteiger charge is 2.01. The Morgan fingerprint density at radius 1 is 1.40 bits per heavy atom. The maximum atomic E-state index is 12.2. The van der Waals surface area contributed by atoms with E-state index in [9.17, 15) is 4.39 Å². The lowest BCUT2D eigenvalue weighted by Gasteiger charge is -1.97. The number of hydrogen-bond acceptors (Lipinski definition) is 2. The predicted molar refractivity (Wildman–Crippen MR) is 35.7 cm³/mol. The van der Waals surface area contributed by atoms with Crippen LogP contribution in [0.25, 0.3) is 0 Å². The number of phenols is 1. The van der Waals surface area contributed by atoms with Crippen molar-refractivity contribution < 1.29 is 14.5 Å². The number of benzene rings is 1. The summed E-state index contributed by atoms with van der Waals surface area (Å²) < 4.78 is 12.2. The van der Waals surface area contributed by atoms with E-state index in [2.05, 4.69) is 0 Å². The number of hydrogen-bond donors (Lipinski definition) is 2. The molecule has 4 heteroatoms. The molecule has 1 aromatic rings. The summed E-state index contributed by atoms with van der Waals surface area (Å²) in [4.78, 5) is 0. The zero-order valence-electron chi connectivity index (χ0n) is 5.08. The molecule has 0 aliphatic rings. The topological polar surface area (TPSA) is 40.5 Å². The molecule has 2 N–H and O–H groups in total. The van der Waals surface area contributed by atoms with E-state index >= 15 is 0 Å². The fourth-order valence-corrected chi connectivity index (χ4v) is 0.626. The molecule has 0 saturated carbocycles. The van der Waals surface area contributed by atoms with E-state index in [1.54, 1.807) is 0 Å². The van der Waals surface area contributed by atoms with Crippen LogP contribution in [0.15, 0.2) is 18.2 Å². The Labute approximate surface area is 58.2 Å². The van der Waals surface area contributed by atoms with Gasteiger partial charge in [0.25, 0.3) is 0 Å². The van der Waals surface area contributed by atoms with Gasteiger partial charge in [-0.3, -0.25) is 0 Å². The predicted octanol–water partition coefficient (Wildman–Crippen LogP) is -0.232. The molecule has 0 amide bonds. The molecule has 1 radical (unpaired) electrons. The van der Waals surface area contributed by atoms with E-state index in [1.165, 1.54) is 6.07 Å². The van der Waals surface area contributed by atoms with Crippen molar-refractivity contribution in [3.8, 4) is 5.75 Å². The van der Waals surface area contributed by atoms with Gasteiger partial charge in [-0.25, -0.2) is 4.39 Å². The number of phenolic OH excluding ortho intramolecular Hbond substituents is 1. The molecule has 0 saturated heterocycles. The third-order valence-electron chi connectivity index (χ3n) is 1.13. The van der Waals surface area contributed by atoms with Crippen molar-refractivity contribution >= 4 is 12.9 Å². The van der Waals surface area contributed by atoms with Gasteiger partial charge in [-0.15, -0.1) is 0 Å². The molecule has 1 rings (SSSR count). The van der Waals surface area contributed by atoms with Crippen LogP contribution >= 0.6 is 0 Å². The fraction of sp³-hybridized carbons (Fsp3) is 0. The molecule has 0 aliphatic heterocycles. The third-order valence-corrected chi connectivity index (χ3v) is 1.13. The lowest BCUT2D eigenvalue weighted by Crippen LogP contribution is -2.13. The van der Waals surface area contributed by atoms with Crippen LogP contribution < -0.4 is 5.46 Å². The van der Waals surface area contributed by atoms with E-state index in [4.69, 9.17) is 10.1 Å². The second-order valence-electron chi connectivity index (χ2n) is 1.83. The summed E-state index contributed by atoms with van der Waals surface area (Å²) in [5.74, 6) is -0.786. The third kappa shape index (κ3) is 1.27. The van der Waals surface area contributed by atoms with Gasteiger partial charge < -0.3 is 10.1 Å². The lowest BCUT2D eigenvalue weighted by atomic mass is 9.88. The van der Waals surface area contributed by atoms with Gasteiger partial charge in [0.15, 0.2) is 0 Å². The first-order valence-electron chi connectivity index (χ1n) is 2.70. The van der Waals surface area contributed by atoms with Crippen LogP contribution in [0.5, 0.6) is 5.75 Å². The van der Waals surface area contributed by atoms with Crippen LogP contribution in [-0.4, -0.2) is 17.6 Å². The molecule has 0 aliphatic carbocycles. The Bertz CT molecular complexity index is 239. The summed E-state index contributed by atoms with van der Waals surface area (Å²) in [5.41, 5.74) is 0.210. The van der Waals surface area contributed by atoms with Crippen molar-refractivity contribution in [3.63, 3.8) is 0 Å². The van der Waals surface area contributed by atoms with Crippen molar-refractivity contribution in [2.75, 3.05) is 0 Å². The van der Waals surface area contributed by atoms with Crippen LogP contribution in [0.2, 0.25) is 0 Å². The van der Waals surface area contributed by atoms with Crippen LogP contribution in [0, 0.1) is 5.82 Å². The van der Waals surface area contributed by atoms with E-state index in [-0.39, 0.29) is 11.2 Å². The van der Waals surface area contributed by atoms with Crippen molar-refractivity contribution in [1.29, 1.82) is 0 Å². The van der Waals surface area contributed by atoms with Crippen molar-refractivity contribution in [3.05, 3.63) is 24.0 Å². The SMILES string of the molecule is O[B]c1ccc(F)cc1O. The molecule has 1 aromatic carbocycles. The molecule has 0 heterocycles. The summed E-state index contributed by atoms with van der Waals surface area (Å²) in [6.07, 6.45) is 0. The molecule has 0 aromatic heterocycles. The fourth-order valence-electron chi connectivity index (χ4n) is 0.626. The normalized spacial score (nSPS) is 9.40. The van der Waals surface area contributed by atoms with Gasteiger partial charge in [0, 0.05) is 6.07 Å². The average molecular weight is 139 g/mol. The van der Waals surface area contributed by atoms with Gasteiger partial charge in [-0.2, -0.15) is 0 Å². The van der Waals surface area contributed by atoms with Crippen LogP contribution in [0.4, 0.5) is 4.39 Å². The van der Waals surface area contributed by atoms with Gasteiger partial charge in [-0.05, 0) is 11.5 Å². The highest BCUT2D eigenvalue weighted by atomic mass is 19.1. The Balaban J connectivity index is 3.07. The molecule has 0 fully saturated rings. The van der Waals surface area contributed by atoms with E-state index in [0.717, 1.165) is 19.6 Å². The van der Waals surface area contributed by atoms with Gasteiger partial charge in [0.1, 0.15) is 11.6 Å². The Kier molecular flexibility index (Phi) is 1.92. The Morgan fingerprint density at radius 3 is 2.60 bits per heavy atom. The second kappa shape index (κ2) is 2.71. The zero-order valence-corrected chi connectivity index (χ0v) is 5.08. The molecular weight excluding hydrogens is 134 g/mol. The standard InChI is InChI=1S/C6H5BFO2/c8-4-1-2-5(7-10)6(9)3-4/h1-3,9-10H. The summed E-state index contributed by atoms with van der Waals surface area (Å²) >= 11 is 0. The number of aromatic hydroxyl groups is 1. The Morgan fingerprint density at radius 2 is 2.10 bits per heavy atom. The first-order valence-corrected chi connectivity index (χ1v) is 2.70. The molecular formula is C6H5BFO2. The van der Waals surface area contributed by atoms with Gasteiger partial charge in [0.05, 0.1) is 0 Å². The maximum absolute atomic E-state index is 12.2. The summed E-state index contributed by atoms with van der Waals surface area (Å²) in [6, 6.07) is 3.37. The highest BCUT2D eigenvalue weighted by molar-refractivity contribution is 6.46. The maximum Gasteiger partial charge on any atom is 0.330 e. The van der Waals surface area contributed by atoms with E-state index < -0.39 is 5.82 Å². The van der Waals surface area contributed by atoms with Crippen LogP contribution in [0.1, 0.15) is 0 Å². The number of halogens is 1. The minimum Gasteiger partial charge on any atom is -0.508 e. The molecule has 0 bridgehead atoms. The molecule has 0 atom stereocenters. The quantitative estimate of drug-likeness (QED) is 0.527. The largest absolute Gasteiger partial charge is 0.508 e. The summed E-state index contributed by atoms with van der Waals surface area (Å²) in [5, 5.41) is 17.3. The number of rotatable bonds is 1. The van der Waals surface area contributed by atoms with Crippen molar-refractivity contribution in [2.24, 2.45) is 0 Å². The van der Waals surface area contributed by atoms with Gasteiger partial charge in [-0.1, -0.05) is 6.07 Å². The molecule has 51 valence electrons.